The predicted octanol–water partition coefficient (Wildman–Crippen LogP) is 2.87. The van der Waals surface area contributed by atoms with E-state index in [1.165, 1.54) is 0 Å². The third-order valence-corrected chi connectivity index (χ3v) is 2.51. The molecule has 0 amide bonds. The van der Waals surface area contributed by atoms with Crippen LogP contribution in [0.4, 0.5) is 0 Å². The second-order valence-electron chi connectivity index (χ2n) is 2.64. The second kappa shape index (κ2) is 3.15. The van der Waals surface area contributed by atoms with Gasteiger partial charge in [-0.05, 0) is 18.2 Å². The van der Waals surface area contributed by atoms with Crippen molar-refractivity contribution in [2.24, 2.45) is 0 Å². The molecule has 0 saturated heterocycles. The Hall–Kier alpha value is -1.40. The highest BCUT2D eigenvalue weighted by Crippen LogP contribution is 2.22. The molecule has 3 heteroatoms. The van der Waals surface area contributed by atoms with Crippen LogP contribution in [0.2, 0.25) is 0 Å². The van der Waals surface area contributed by atoms with Crippen LogP contribution in [0.3, 0.4) is 0 Å². The number of hydrogen-bond acceptors (Lipinski definition) is 2. The first-order chi connectivity index (χ1) is 6.31. The minimum atomic E-state index is 0.637. The van der Waals surface area contributed by atoms with Crippen molar-refractivity contribution < 1.29 is 0 Å². The van der Waals surface area contributed by atoms with Crippen LogP contribution >= 0.6 is 15.9 Å². The molecule has 1 aromatic carbocycles. The third-order valence-electron chi connectivity index (χ3n) is 1.82. The Morgan fingerprint density at radius 2 is 2.15 bits per heavy atom. The molecule has 13 heavy (non-hydrogen) atoms. The Bertz CT molecular complexity index is 500. The van der Waals surface area contributed by atoms with Crippen LogP contribution < -0.4 is 0 Å². The molecule has 2 aromatic rings. The zero-order valence-corrected chi connectivity index (χ0v) is 8.25. The fourth-order valence-electron chi connectivity index (χ4n) is 1.18. The number of nitriles is 1. The van der Waals surface area contributed by atoms with Gasteiger partial charge in [-0.2, -0.15) is 5.26 Å². The van der Waals surface area contributed by atoms with Gasteiger partial charge in [0.15, 0.2) is 0 Å². The first kappa shape index (κ1) is 8.21. The molecular formula is C10H5BrN2. The summed E-state index contributed by atoms with van der Waals surface area (Å²) in [6.45, 7) is 0. The molecule has 1 aromatic heterocycles. The van der Waals surface area contributed by atoms with E-state index in [1.54, 1.807) is 18.3 Å². The van der Waals surface area contributed by atoms with Crippen molar-refractivity contribution in [2.45, 2.75) is 0 Å². The standard InChI is InChI=1S/C10H5BrN2/c11-9-3-4-13-10-5-7(6-12)1-2-8(9)10/h1-5H. The summed E-state index contributed by atoms with van der Waals surface area (Å²) in [4.78, 5) is 4.17. The summed E-state index contributed by atoms with van der Waals surface area (Å²) >= 11 is 3.42. The van der Waals surface area contributed by atoms with Crippen molar-refractivity contribution in [1.29, 1.82) is 5.26 Å². The third kappa shape index (κ3) is 1.41. The molecule has 0 saturated carbocycles. The Morgan fingerprint density at radius 1 is 1.31 bits per heavy atom. The molecule has 0 N–H and O–H groups in total. The Balaban J connectivity index is 2.82. The van der Waals surface area contributed by atoms with Gasteiger partial charge in [0.25, 0.3) is 0 Å². The lowest BCUT2D eigenvalue weighted by atomic mass is 10.1. The topological polar surface area (TPSA) is 36.7 Å². The second-order valence-corrected chi connectivity index (χ2v) is 3.49. The molecule has 0 unspecified atom stereocenters. The van der Waals surface area contributed by atoms with Crippen LogP contribution in [0, 0.1) is 11.3 Å². The number of hydrogen-bond donors (Lipinski definition) is 0. The zero-order chi connectivity index (χ0) is 9.26. The minimum absolute atomic E-state index is 0.637. The van der Waals surface area contributed by atoms with Gasteiger partial charge < -0.3 is 0 Å². The lowest BCUT2D eigenvalue weighted by Gasteiger charge is -1.98. The van der Waals surface area contributed by atoms with E-state index in [9.17, 15) is 0 Å². The van der Waals surface area contributed by atoms with Crippen molar-refractivity contribution in [3.05, 3.63) is 40.5 Å². The molecule has 0 bridgehead atoms. The number of pyridine rings is 1. The van der Waals surface area contributed by atoms with Gasteiger partial charge in [0.2, 0.25) is 0 Å². The molecule has 0 aliphatic rings. The molecule has 2 rings (SSSR count). The molecular weight excluding hydrogens is 228 g/mol. The van der Waals surface area contributed by atoms with Crippen LogP contribution in [0.25, 0.3) is 10.9 Å². The Morgan fingerprint density at radius 3 is 2.92 bits per heavy atom. The first-order valence-corrected chi connectivity index (χ1v) is 4.55. The quantitative estimate of drug-likeness (QED) is 0.701. The molecule has 0 spiro atoms. The highest BCUT2D eigenvalue weighted by atomic mass is 79.9. The molecule has 1 heterocycles. The highest BCUT2D eigenvalue weighted by molar-refractivity contribution is 9.10. The van der Waals surface area contributed by atoms with E-state index in [2.05, 4.69) is 27.0 Å². The largest absolute Gasteiger partial charge is 0.256 e. The zero-order valence-electron chi connectivity index (χ0n) is 6.66. The molecule has 0 atom stereocenters. The van der Waals surface area contributed by atoms with Gasteiger partial charge in [-0.3, -0.25) is 4.98 Å². The summed E-state index contributed by atoms with van der Waals surface area (Å²) in [7, 11) is 0. The van der Waals surface area contributed by atoms with Crippen molar-refractivity contribution in [3.63, 3.8) is 0 Å². The monoisotopic (exact) mass is 232 g/mol. The van der Waals surface area contributed by atoms with Gasteiger partial charge in [0.1, 0.15) is 0 Å². The van der Waals surface area contributed by atoms with Gasteiger partial charge in [-0.25, -0.2) is 0 Å². The average molecular weight is 233 g/mol. The number of aromatic nitrogens is 1. The summed E-state index contributed by atoms with van der Waals surface area (Å²) in [5.74, 6) is 0. The van der Waals surface area contributed by atoms with Crippen LogP contribution in [-0.2, 0) is 0 Å². The molecule has 0 aliphatic heterocycles. The van der Waals surface area contributed by atoms with Crippen LogP contribution in [0.5, 0.6) is 0 Å². The normalized spacial score (nSPS) is 9.85. The van der Waals surface area contributed by atoms with Crippen LogP contribution in [0.1, 0.15) is 5.56 Å². The molecule has 0 aliphatic carbocycles. The maximum Gasteiger partial charge on any atom is 0.0992 e. The fraction of sp³-hybridized carbons (Fsp3) is 0. The first-order valence-electron chi connectivity index (χ1n) is 3.75. The smallest absolute Gasteiger partial charge is 0.0992 e. The van der Waals surface area contributed by atoms with Crippen LogP contribution in [-0.4, -0.2) is 4.98 Å². The van der Waals surface area contributed by atoms with E-state index in [-0.39, 0.29) is 0 Å². The maximum atomic E-state index is 8.68. The SMILES string of the molecule is N#Cc1ccc2c(Br)ccnc2c1. The van der Waals surface area contributed by atoms with Gasteiger partial charge in [-0.15, -0.1) is 0 Å². The highest BCUT2D eigenvalue weighted by Gasteiger charge is 1.99. The van der Waals surface area contributed by atoms with E-state index < -0.39 is 0 Å². The minimum Gasteiger partial charge on any atom is -0.256 e. The van der Waals surface area contributed by atoms with Crippen LogP contribution in [0.15, 0.2) is 34.9 Å². The number of benzene rings is 1. The van der Waals surface area contributed by atoms with Crippen molar-refractivity contribution in [1.82, 2.24) is 4.98 Å². The number of fused-ring (bicyclic) bond motifs is 1. The van der Waals surface area contributed by atoms with Crippen molar-refractivity contribution >= 4 is 26.8 Å². The summed E-state index contributed by atoms with van der Waals surface area (Å²) < 4.78 is 1.00. The predicted molar refractivity (Wildman–Crippen MR) is 54.2 cm³/mol. The van der Waals surface area contributed by atoms with Crippen molar-refractivity contribution in [2.75, 3.05) is 0 Å². The van der Waals surface area contributed by atoms with Gasteiger partial charge in [-0.1, -0.05) is 22.0 Å². The summed E-state index contributed by atoms with van der Waals surface area (Å²) in [6.07, 6.45) is 1.72. The van der Waals surface area contributed by atoms with Gasteiger partial charge >= 0.3 is 0 Å². The van der Waals surface area contributed by atoms with E-state index in [4.69, 9.17) is 5.26 Å². The van der Waals surface area contributed by atoms with E-state index >= 15 is 0 Å². The summed E-state index contributed by atoms with van der Waals surface area (Å²) in [5.41, 5.74) is 1.48. The number of halogens is 1. The summed E-state index contributed by atoms with van der Waals surface area (Å²) in [6, 6.07) is 9.42. The van der Waals surface area contributed by atoms with E-state index in [1.807, 2.05) is 12.1 Å². The average Bonchev–Trinajstić information content (AvgIpc) is 2.18. The number of rotatable bonds is 0. The molecule has 0 fully saturated rings. The molecule has 62 valence electrons. The van der Waals surface area contributed by atoms with Gasteiger partial charge in [0, 0.05) is 16.1 Å². The Kier molecular flexibility index (Phi) is 1.99. The van der Waals surface area contributed by atoms with Gasteiger partial charge in [0.05, 0.1) is 17.1 Å². The van der Waals surface area contributed by atoms with Crippen molar-refractivity contribution in [3.8, 4) is 6.07 Å². The molecule has 2 nitrogen and oxygen atoms in total. The summed E-state index contributed by atoms with van der Waals surface area (Å²) in [5, 5.41) is 9.71. The number of nitrogens with zero attached hydrogens (tertiary/aromatic N) is 2. The lowest BCUT2D eigenvalue weighted by molar-refractivity contribution is 1.39. The Labute approximate surface area is 84.0 Å². The van der Waals surface area contributed by atoms with E-state index in [0.29, 0.717) is 5.56 Å². The molecule has 0 radical (unpaired) electrons. The fourth-order valence-corrected chi connectivity index (χ4v) is 1.64. The maximum absolute atomic E-state index is 8.68. The van der Waals surface area contributed by atoms with E-state index in [0.717, 1.165) is 15.4 Å². The lowest BCUT2D eigenvalue weighted by Crippen LogP contribution is -1.81.